The van der Waals surface area contributed by atoms with Crippen LogP contribution in [0, 0.1) is 13.8 Å². The first-order chi connectivity index (χ1) is 14.2. The van der Waals surface area contributed by atoms with Crippen molar-refractivity contribution in [1.29, 1.82) is 0 Å². The van der Waals surface area contributed by atoms with Crippen LogP contribution < -0.4 is 10.1 Å². The van der Waals surface area contributed by atoms with Crippen molar-refractivity contribution in [1.82, 2.24) is 10.2 Å². The van der Waals surface area contributed by atoms with Crippen LogP contribution in [-0.2, 0) is 16.1 Å². The molecule has 2 aromatic carbocycles. The predicted molar refractivity (Wildman–Crippen MR) is 121 cm³/mol. The fourth-order valence-electron chi connectivity index (χ4n) is 3.21. The van der Waals surface area contributed by atoms with E-state index in [4.69, 9.17) is 16.3 Å². The quantitative estimate of drug-likeness (QED) is 0.629. The molecule has 6 heteroatoms. The highest BCUT2D eigenvalue weighted by molar-refractivity contribution is 6.31. The number of hydrogen-bond acceptors (Lipinski definition) is 3. The van der Waals surface area contributed by atoms with E-state index in [1.165, 1.54) is 0 Å². The molecule has 1 N–H and O–H groups in total. The number of halogens is 1. The summed E-state index contributed by atoms with van der Waals surface area (Å²) in [5, 5.41) is 3.47. The van der Waals surface area contributed by atoms with Gasteiger partial charge in [0.1, 0.15) is 11.8 Å². The normalized spacial score (nSPS) is 11.8. The molecule has 0 aliphatic carbocycles. The lowest BCUT2D eigenvalue weighted by atomic mass is 10.1. The minimum Gasteiger partial charge on any atom is -0.483 e. The second-order valence-corrected chi connectivity index (χ2v) is 8.09. The highest BCUT2D eigenvalue weighted by Crippen LogP contribution is 2.22. The average molecular weight is 431 g/mol. The molecule has 2 rings (SSSR count). The Morgan fingerprint density at radius 3 is 2.43 bits per heavy atom. The highest BCUT2D eigenvalue weighted by Gasteiger charge is 2.29. The molecule has 0 heterocycles. The number of carbonyl (C=O) groups excluding carboxylic acids is 2. The van der Waals surface area contributed by atoms with Crippen LogP contribution in [0.15, 0.2) is 42.5 Å². The smallest absolute Gasteiger partial charge is 0.261 e. The molecule has 0 aromatic heterocycles. The van der Waals surface area contributed by atoms with Gasteiger partial charge in [0.2, 0.25) is 5.91 Å². The van der Waals surface area contributed by atoms with Gasteiger partial charge in [0.05, 0.1) is 0 Å². The molecule has 2 aromatic rings. The van der Waals surface area contributed by atoms with Crippen molar-refractivity contribution in [2.75, 3.05) is 6.61 Å². The molecule has 0 saturated carbocycles. The van der Waals surface area contributed by atoms with E-state index in [0.717, 1.165) is 16.7 Å². The molecule has 0 bridgehead atoms. The van der Waals surface area contributed by atoms with Gasteiger partial charge in [-0.3, -0.25) is 9.59 Å². The summed E-state index contributed by atoms with van der Waals surface area (Å²) >= 11 is 6.33. The van der Waals surface area contributed by atoms with E-state index >= 15 is 0 Å². The van der Waals surface area contributed by atoms with Crippen molar-refractivity contribution in [2.45, 2.75) is 59.7 Å². The predicted octanol–water partition coefficient (Wildman–Crippen LogP) is 4.67. The number of ether oxygens (including phenoxy) is 1. The topological polar surface area (TPSA) is 58.6 Å². The molecule has 0 saturated heterocycles. The third kappa shape index (κ3) is 6.23. The summed E-state index contributed by atoms with van der Waals surface area (Å²) < 4.78 is 5.83. The fourth-order valence-corrected chi connectivity index (χ4v) is 3.41. The van der Waals surface area contributed by atoms with E-state index < -0.39 is 6.04 Å². The molecule has 2 amide bonds. The maximum Gasteiger partial charge on any atom is 0.261 e. The summed E-state index contributed by atoms with van der Waals surface area (Å²) in [5.74, 6) is 0.224. The molecule has 0 fully saturated rings. The highest BCUT2D eigenvalue weighted by atomic mass is 35.5. The second kappa shape index (κ2) is 11.0. The van der Waals surface area contributed by atoms with Crippen LogP contribution in [0.3, 0.4) is 0 Å². The lowest BCUT2D eigenvalue weighted by molar-refractivity contribution is -0.143. The fraction of sp³-hybridized carbons (Fsp3) is 0.417. The summed E-state index contributed by atoms with van der Waals surface area (Å²) in [7, 11) is 0. The third-order valence-electron chi connectivity index (χ3n) is 5.02. The van der Waals surface area contributed by atoms with Gasteiger partial charge in [-0.1, -0.05) is 48.9 Å². The molecule has 0 radical (unpaired) electrons. The molecule has 0 aliphatic rings. The summed E-state index contributed by atoms with van der Waals surface area (Å²) in [6, 6.07) is 12.5. The molecular formula is C24H31ClN2O3. The summed E-state index contributed by atoms with van der Waals surface area (Å²) in [6.07, 6.45) is 0.484. The van der Waals surface area contributed by atoms with Gasteiger partial charge in [0.25, 0.3) is 5.91 Å². The van der Waals surface area contributed by atoms with Gasteiger partial charge >= 0.3 is 0 Å². The second-order valence-electron chi connectivity index (χ2n) is 7.69. The first-order valence-corrected chi connectivity index (χ1v) is 10.6. The molecule has 162 valence electrons. The minimum absolute atomic E-state index is 0.0185. The Morgan fingerprint density at radius 2 is 1.80 bits per heavy atom. The van der Waals surface area contributed by atoms with Gasteiger partial charge < -0.3 is 15.0 Å². The van der Waals surface area contributed by atoms with Crippen LogP contribution in [0.4, 0.5) is 0 Å². The Kier molecular flexibility index (Phi) is 8.72. The number of carbonyl (C=O) groups is 2. The number of amides is 2. The molecule has 1 unspecified atom stereocenters. The van der Waals surface area contributed by atoms with Crippen LogP contribution in [-0.4, -0.2) is 35.4 Å². The van der Waals surface area contributed by atoms with Crippen molar-refractivity contribution in [2.24, 2.45) is 0 Å². The maximum absolute atomic E-state index is 13.2. The van der Waals surface area contributed by atoms with E-state index in [1.807, 2.05) is 71.0 Å². The van der Waals surface area contributed by atoms with Gasteiger partial charge in [0, 0.05) is 17.6 Å². The van der Waals surface area contributed by atoms with Crippen molar-refractivity contribution in [3.05, 3.63) is 64.2 Å². The molecule has 1 atom stereocenters. The number of benzene rings is 2. The zero-order valence-electron chi connectivity index (χ0n) is 18.4. The van der Waals surface area contributed by atoms with Gasteiger partial charge in [-0.25, -0.2) is 0 Å². The SMILES string of the molecule is CCC(C(=O)NC(C)C)N(Cc1ccccc1Cl)C(=O)COc1cccc(C)c1C. The largest absolute Gasteiger partial charge is 0.483 e. The monoisotopic (exact) mass is 430 g/mol. The van der Waals surface area contributed by atoms with E-state index in [0.29, 0.717) is 17.2 Å². The number of nitrogens with zero attached hydrogens (tertiary/aromatic N) is 1. The molecule has 30 heavy (non-hydrogen) atoms. The van der Waals surface area contributed by atoms with Crippen LogP contribution in [0.5, 0.6) is 5.75 Å². The maximum atomic E-state index is 13.2. The van der Waals surface area contributed by atoms with E-state index in [1.54, 1.807) is 11.0 Å². The number of rotatable bonds is 9. The first kappa shape index (κ1) is 23.7. The van der Waals surface area contributed by atoms with Gasteiger partial charge in [-0.05, 0) is 62.9 Å². The standard InChI is InChI=1S/C24H31ClN2O3/c1-6-21(24(29)26-16(2)3)27(14-19-11-7-8-12-20(19)25)23(28)15-30-22-13-9-10-17(4)18(22)5/h7-13,16,21H,6,14-15H2,1-5H3,(H,26,29). The van der Waals surface area contributed by atoms with E-state index in [-0.39, 0.29) is 31.0 Å². The zero-order valence-corrected chi connectivity index (χ0v) is 19.1. The van der Waals surface area contributed by atoms with Gasteiger partial charge in [-0.2, -0.15) is 0 Å². The van der Waals surface area contributed by atoms with E-state index in [2.05, 4.69) is 5.32 Å². The van der Waals surface area contributed by atoms with Crippen LogP contribution >= 0.6 is 11.6 Å². The van der Waals surface area contributed by atoms with Crippen molar-refractivity contribution in [3.63, 3.8) is 0 Å². The van der Waals surface area contributed by atoms with Crippen molar-refractivity contribution in [3.8, 4) is 5.75 Å². The van der Waals surface area contributed by atoms with Crippen LogP contribution in [0.2, 0.25) is 5.02 Å². The van der Waals surface area contributed by atoms with Crippen LogP contribution in [0.1, 0.15) is 43.9 Å². The molecule has 0 spiro atoms. The minimum atomic E-state index is -0.613. The zero-order chi connectivity index (χ0) is 22.3. The van der Waals surface area contributed by atoms with Crippen LogP contribution in [0.25, 0.3) is 0 Å². The van der Waals surface area contributed by atoms with Crippen molar-refractivity contribution >= 4 is 23.4 Å². The Hall–Kier alpha value is -2.53. The summed E-state index contributed by atoms with van der Waals surface area (Å²) in [6.45, 7) is 9.73. The first-order valence-electron chi connectivity index (χ1n) is 10.3. The number of nitrogens with one attached hydrogen (secondary N) is 1. The number of hydrogen-bond donors (Lipinski definition) is 1. The molecule has 5 nitrogen and oxygen atoms in total. The van der Waals surface area contributed by atoms with Gasteiger partial charge in [-0.15, -0.1) is 0 Å². The van der Waals surface area contributed by atoms with Gasteiger partial charge in [0.15, 0.2) is 6.61 Å². The lowest BCUT2D eigenvalue weighted by Crippen LogP contribution is -2.51. The summed E-state index contributed by atoms with van der Waals surface area (Å²) in [5.41, 5.74) is 2.87. The Labute approximate surface area is 184 Å². The average Bonchev–Trinajstić information content (AvgIpc) is 2.69. The Bertz CT molecular complexity index is 883. The molecular weight excluding hydrogens is 400 g/mol. The molecule has 0 aliphatic heterocycles. The summed E-state index contributed by atoms with van der Waals surface area (Å²) in [4.78, 5) is 27.6. The number of aryl methyl sites for hydroxylation is 1. The lowest BCUT2D eigenvalue weighted by Gasteiger charge is -2.31. The van der Waals surface area contributed by atoms with E-state index in [9.17, 15) is 9.59 Å². The third-order valence-corrected chi connectivity index (χ3v) is 5.39. The van der Waals surface area contributed by atoms with Crippen molar-refractivity contribution < 1.29 is 14.3 Å². The Morgan fingerprint density at radius 1 is 1.10 bits per heavy atom. The Balaban J connectivity index is 2.26.